The van der Waals surface area contributed by atoms with Crippen LogP contribution in [0.2, 0.25) is 0 Å². The van der Waals surface area contributed by atoms with Crippen LogP contribution in [0.1, 0.15) is 70.2 Å². The molecule has 0 aromatic heterocycles. The number of aryl methyl sites for hydroxylation is 1. The molecule has 0 N–H and O–H groups in total. The molecule has 0 bridgehead atoms. The van der Waals surface area contributed by atoms with E-state index in [1.807, 2.05) is 97.9 Å². The summed E-state index contributed by atoms with van der Waals surface area (Å²) in [5, 5.41) is 0. The topological polar surface area (TPSA) is 167 Å². The van der Waals surface area contributed by atoms with Gasteiger partial charge in [-0.2, -0.15) is 0 Å². The minimum Gasteiger partial charge on any atom is -0.489 e. The van der Waals surface area contributed by atoms with Crippen molar-refractivity contribution in [3.8, 4) is 29.4 Å². The van der Waals surface area contributed by atoms with Crippen LogP contribution in [0.5, 0.6) is 5.75 Å². The Bertz CT molecular complexity index is 2390. The normalized spacial score (nSPS) is 10.0. The Balaban J connectivity index is 1.11. The minimum absolute atomic E-state index is 0.0859. The number of hydrogen-bond acceptors (Lipinski definition) is 13. The standard InChI is InChI=1S/C52H50O13/c1-4-47(53)61-32-34-63-51(57)26-24-49(55)59-30-28-42-12-8-39(9-13-42)6-7-41-17-20-45(21-18-41)37-65-46-23-22-44(36-38(46)3)19-16-40-10-14-43(15-11-40)29-31-60-50(56)25-27-52(58)64-35-33-62-48(54)5-2/h4-5,8-15,17-18,20-23,36H,1-2,24-35,37H2,3H3. The Labute approximate surface area is 378 Å². The van der Waals surface area contributed by atoms with Gasteiger partial charge in [0.25, 0.3) is 0 Å². The highest BCUT2D eigenvalue weighted by Gasteiger charge is 2.11. The van der Waals surface area contributed by atoms with Gasteiger partial charge in [0.1, 0.15) is 38.8 Å². The van der Waals surface area contributed by atoms with E-state index in [0.717, 1.165) is 62.4 Å². The van der Waals surface area contributed by atoms with Crippen molar-refractivity contribution >= 4 is 35.8 Å². The average Bonchev–Trinajstić information content (AvgIpc) is 3.32. The Morgan fingerprint density at radius 1 is 0.446 bits per heavy atom. The summed E-state index contributed by atoms with van der Waals surface area (Å²) in [6.07, 6.45) is 2.56. The Morgan fingerprint density at radius 3 is 1.17 bits per heavy atom. The van der Waals surface area contributed by atoms with E-state index in [9.17, 15) is 28.8 Å². The van der Waals surface area contributed by atoms with E-state index in [4.69, 9.17) is 33.2 Å². The first-order chi connectivity index (χ1) is 31.5. The molecule has 0 atom stereocenters. The summed E-state index contributed by atoms with van der Waals surface area (Å²) in [4.78, 5) is 69.4. The highest BCUT2D eigenvalue weighted by molar-refractivity contribution is 5.81. The van der Waals surface area contributed by atoms with Gasteiger partial charge >= 0.3 is 35.8 Å². The zero-order chi connectivity index (χ0) is 46.7. The van der Waals surface area contributed by atoms with E-state index in [0.29, 0.717) is 19.4 Å². The Hall–Kier alpha value is -7.90. The maximum atomic E-state index is 12.0. The molecule has 0 spiro atoms. The van der Waals surface area contributed by atoms with Crippen molar-refractivity contribution in [1.82, 2.24) is 0 Å². The van der Waals surface area contributed by atoms with Gasteiger partial charge in [0.05, 0.1) is 38.9 Å². The van der Waals surface area contributed by atoms with Crippen molar-refractivity contribution < 1.29 is 61.9 Å². The lowest BCUT2D eigenvalue weighted by Crippen LogP contribution is -2.15. The molecule has 4 aromatic rings. The van der Waals surface area contributed by atoms with Crippen LogP contribution in [0, 0.1) is 30.6 Å². The van der Waals surface area contributed by atoms with E-state index < -0.39 is 35.8 Å². The second-order valence-corrected chi connectivity index (χ2v) is 14.0. The first-order valence-corrected chi connectivity index (χ1v) is 20.7. The molecule has 4 rings (SSSR count). The number of hydrogen-bond donors (Lipinski definition) is 0. The largest absolute Gasteiger partial charge is 0.489 e. The monoisotopic (exact) mass is 882 g/mol. The average molecular weight is 883 g/mol. The fraction of sp³-hybridized carbons (Fsp3) is 0.269. The highest BCUT2D eigenvalue weighted by atomic mass is 16.6. The molecule has 0 heterocycles. The van der Waals surface area contributed by atoms with Gasteiger partial charge < -0.3 is 33.2 Å². The molecule has 0 radical (unpaired) electrons. The highest BCUT2D eigenvalue weighted by Crippen LogP contribution is 2.21. The minimum atomic E-state index is -0.608. The van der Waals surface area contributed by atoms with Gasteiger partial charge in [-0.1, -0.05) is 73.2 Å². The van der Waals surface area contributed by atoms with Crippen LogP contribution in [-0.4, -0.2) is 75.5 Å². The summed E-state index contributed by atoms with van der Waals surface area (Å²) in [5.74, 6) is 10.1. The van der Waals surface area contributed by atoms with Crippen molar-refractivity contribution in [2.24, 2.45) is 0 Å². The van der Waals surface area contributed by atoms with Crippen LogP contribution in [0.4, 0.5) is 0 Å². The van der Waals surface area contributed by atoms with Gasteiger partial charge in [-0.15, -0.1) is 0 Å². The molecule has 0 aliphatic carbocycles. The molecule has 0 fully saturated rings. The summed E-state index contributed by atoms with van der Waals surface area (Å²) in [5.41, 5.74) is 7.28. The quantitative estimate of drug-likeness (QED) is 0.0256. The third-order valence-corrected chi connectivity index (χ3v) is 9.02. The van der Waals surface area contributed by atoms with Gasteiger partial charge in [-0.05, 0) is 83.8 Å². The van der Waals surface area contributed by atoms with Crippen molar-refractivity contribution in [3.05, 3.63) is 161 Å². The fourth-order valence-corrected chi connectivity index (χ4v) is 5.51. The van der Waals surface area contributed by atoms with E-state index in [1.165, 1.54) is 0 Å². The Morgan fingerprint density at radius 2 is 0.785 bits per heavy atom. The molecule has 13 nitrogen and oxygen atoms in total. The SMILES string of the molecule is C=CC(=O)OCCOC(=O)CCC(=O)OCCc1ccc(C#Cc2ccc(COc3ccc(C#Cc4ccc(CCOC(=O)CCC(=O)OCCOC(=O)C=C)cc4)cc3C)cc2)cc1. The first kappa shape index (κ1) is 49.8. The number of carbonyl (C=O) groups is 6. The zero-order valence-corrected chi connectivity index (χ0v) is 36.2. The van der Waals surface area contributed by atoms with Crippen LogP contribution in [-0.2, 0) is 76.6 Å². The van der Waals surface area contributed by atoms with E-state index in [-0.39, 0.29) is 65.3 Å². The maximum Gasteiger partial charge on any atom is 0.330 e. The van der Waals surface area contributed by atoms with Crippen LogP contribution < -0.4 is 4.74 Å². The van der Waals surface area contributed by atoms with Gasteiger partial charge in [0, 0.05) is 47.2 Å². The van der Waals surface area contributed by atoms with Gasteiger partial charge in [0.15, 0.2) is 0 Å². The number of benzene rings is 4. The van der Waals surface area contributed by atoms with Crippen LogP contribution in [0.15, 0.2) is 116 Å². The Kier molecular flexibility index (Phi) is 21.4. The van der Waals surface area contributed by atoms with Crippen molar-refractivity contribution in [2.75, 3.05) is 39.6 Å². The van der Waals surface area contributed by atoms with E-state index in [1.54, 1.807) is 0 Å². The lowest BCUT2D eigenvalue weighted by Gasteiger charge is -2.09. The van der Waals surface area contributed by atoms with Crippen molar-refractivity contribution in [2.45, 2.75) is 52.1 Å². The molecule has 0 aliphatic rings. The van der Waals surface area contributed by atoms with Crippen LogP contribution in [0.25, 0.3) is 0 Å². The molecule has 0 unspecified atom stereocenters. The van der Waals surface area contributed by atoms with Gasteiger partial charge in [0.2, 0.25) is 0 Å². The molecular formula is C52H50O13. The molecule has 0 saturated heterocycles. The lowest BCUT2D eigenvalue weighted by molar-refractivity contribution is -0.152. The molecule has 336 valence electrons. The second-order valence-electron chi connectivity index (χ2n) is 14.0. The van der Waals surface area contributed by atoms with Crippen LogP contribution >= 0.6 is 0 Å². The number of rotatable bonds is 23. The number of esters is 6. The predicted molar refractivity (Wildman–Crippen MR) is 239 cm³/mol. The zero-order valence-electron chi connectivity index (χ0n) is 36.2. The third kappa shape index (κ3) is 20.2. The van der Waals surface area contributed by atoms with Crippen LogP contribution in [0.3, 0.4) is 0 Å². The summed E-state index contributed by atoms with van der Waals surface area (Å²) in [6.45, 7) is 8.87. The predicted octanol–water partition coefficient (Wildman–Crippen LogP) is 6.65. The molecule has 65 heavy (non-hydrogen) atoms. The molecular weight excluding hydrogens is 833 g/mol. The van der Waals surface area contributed by atoms with E-state index >= 15 is 0 Å². The maximum absolute atomic E-state index is 12.0. The third-order valence-electron chi connectivity index (χ3n) is 9.02. The van der Waals surface area contributed by atoms with Crippen molar-refractivity contribution in [1.29, 1.82) is 0 Å². The molecule has 0 saturated carbocycles. The smallest absolute Gasteiger partial charge is 0.330 e. The lowest BCUT2D eigenvalue weighted by atomic mass is 10.1. The van der Waals surface area contributed by atoms with Gasteiger partial charge in [-0.25, -0.2) is 9.59 Å². The first-order valence-electron chi connectivity index (χ1n) is 20.7. The molecule has 13 heteroatoms. The summed E-state index contributed by atoms with van der Waals surface area (Å²) in [7, 11) is 0. The summed E-state index contributed by atoms with van der Waals surface area (Å²) >= 11 is 0. The number of carbonyl (C=O) groups excluding carboxylic acids is 6. The summed E-state index contributed by atoms with van der Waals surface area (Å²) < 4.78 is 35.8. The fourth-order valence-electron chi connectivity index (χ4n) is 5.51. The second kappa shape index (κ2) is 27.9. The van der Waals surface area contributed by atoms with Crippen molar-refractivity contribution in [3.63, 3.8) is 0 Å². The van der Waals surface area contributed by atoms with E-state index in [2.05, 4.69) is 36.8 Å². The number of ether oxygens (including phenoxy) is 7. The molecule has 0 amide bonds. The molecule has 0 aliphatic heterocycles. The molecule has 4 aromatic carbocycles. The van der Waals surface area contributed by atoms with Gasteiger partial charge in [-0.3, -0.25) is 19.2 Å². The summed E-state index contributed by atoms with van der Waals surface area (Å²) in [6, 6.07) is 29.0.